The summed E-state index contributed by atoms with van der Waals surface area (Å²) in [5.74, 6) is -1.28. The van der Waals surface area contributed by atoms with Crippen molar-refractivity contribution in [2.45, 2.75) is 19.6 Å². The zero-order valence-corrected chi connectivity index (χ0v) is 11.3. The summed E-state index contributed by atoms with van der Waals surface area (Å²) in [6.45, 7) is 2.04. The van der Waals surface area contributed by atoms with Crippen molar-refractivity contribution in [3.05, 3.63) is 64.5 Å². The number of phenols is 1. The van der Waals surface area contributed by atoms with Gasteiger partial charge in [0.1, 0.15) is 11.6 Å². The highest BCUT2D eigenvalue weighted by Gasteiger charge is 2.13. The molecule has 0 aliphatic carbocycles. The third-order valence-electron chi connectivity index (χ3n) is 3.56. The van der Waals surface area contributed by atoms with Gasteiger partial charge >= 0.3 is 0 Å². The van der Waals surface area contributed by atoms with Crippen LogP contribution in [0.2, 0.25) is 0 Å². The first kappa shape index (κ1) is 13.6. The molecule has 0 spiro atoms. The number of hydrogen-bond acceptors (Lipinski definition) is 3. The monoisotopic (exact) mass is 286 g/mol. The lowest BCUT2D eigenvalue weighted by Crippen LogP contribution is -2.23. The number of halogens is 1. The number of benzene rings is 2. The molecule has 108 valence electrons. The van der Waals surface area contributed by atoms with Crippen LogP contribution in [-0.2, 0) is 19.6 Å². The van der Waals surface area contributed by atoms with Crippen LogP contribution in [0.3, 0.4) is 0 Å². The minimum Gasteiger partial charge on any atom is -0.507 e. The van der Waals surface area contributed by atoms with Crippen molar-refractivity contribution in [3.8, 4) is 5.75 Å². The third-order valence-corrected chi connectivity index (χ3v) is 3.56. The maximum absolute atomic E-state index is 13.1. The number of carbonyl (C=O) groups excluding carboxylic acids is 1. The van der Waals surface area contributed by atoms with Crippen LogP contribution in [0.5, 0.6) is 5.75 Å². The van der Waals surface area contributed by atoms with E-state index in [9.17, 15) is 14.3 Å². The van der Waals surface area contributed by atoms with Crippen LogP contribution in [0.25, 0.3) is 0 Å². The molecule has 0 fully saturated rings. The van der Waals surface area contributed by atoms with E-state index in [0.717, 1.165) is 30.8 Å². The van der Waals surface area contributed by atoms with E-state index in [1.165, 1.54) is 17.2 Å². The molecule has 2 aromatic carbocycles. The van der Waals surface area contributed by atoms with Gasteiger partial charge < -0.3 is 15.7 Å². The maximum Gasteiger partial charge on any atom is 0.255 e. The number of phenolic OH excluding ortho intramolecular Hbond substituents is 1. The topological polar surface area (TPSA) is 61.4 Å². The summed E-state index contributed by atoms with van der Waals surface area (Å²) in [6.07, 6.45) is 0. The molecular weight excluding hydrogens is 271 g/mol. The number of rotatable bonds is 3. The minimum atomic E-state index is -0.554. The highest BCUT2D eigenvalue weighted by atomic mass is 19.1. The van der Waals surface area contributed by atoms with Gasteiger partial charge in [-0.05, 0) is 34.9 Å². The molecular formula is C16H15FN2O2. The average Bonchev–Trinajstić information content (AvgIpc) is 2.94. The van der Waals surface area contributed by atoms with Gasteiger partial charge in [-0.15, -0.1) is 0 Å². The van der Waals surface area contributed by atoms with E-state index in [0.29, 0.717) is 6.54 Å². The summed E-state index contributed by atoms with van der Waals surface area (Å²) >= 11 is 0. The first-order valence-electron chi connectivity index (χ1n) is 6.71. The van der Waals surface area contributed by atoms with Crippen molar-refractivity contribution in [1.29, 1.82) is 0 Å². The van der Waals surface area contributed by atoms with Gasteiger partial charge in [0.2, 0.25) is 0 Å². The normalized spacial score (nSPS) is 13.0. The lowest BCUT2D eigenvalue weighted by atomic mass is 10.1. The number of hydrogen-bond donors (Lipinski definition) is 3. The molecule has 0 radical (unpaired) electrons. The van der Waals surface area contributed by atoms with Crippen LogP contribution in [0, 0.1) is 5.82 Å². The first-order valence-corrected chi connectivity index (χ1v) is 6.71. The molecule has 1 aliphatic heterocycles. The summed E-state index contributed by atoms with van der Waals surface area (Å²) in [6, 6.07) is 9.34. The van der Waals surface area contributed by atoms with E-state index in [2.05, 4.69) is 10.6 Å². The summed E-state index contributed by atoms with van der Waals surface area (Å²) in [5, 5.41) is 15.5. The Hall–Kier alpha value is -2.40. The van der Waals surface area contributed by atoms with Gasteiger partial charge in [-0.1, -0.05) is 18.2 Å². The molecule has 0 bridgehead atoms. The van der Waals surface area contributed by atoms with E-state index >= 15 is 0 Å². The molecule has 5 heteroatoms. The molecule has 4 nitrogen and oxygen atoms in total. The van der Waals surface area contributed by atoms with Crippen molar-refractivity contribution in [1.82, 2.24) is 10.6 Å². The van der Waals surface area contributed by atoms with Gasteiger partial charge in [0.15, 0.2) is 0 Å². The second kappa shape index (κ2) is 5.54. The summed E-state index contributed by atoms with van der Waals surface area (Å²) in [5.41, 5.74) is 3.42. The molecule has 1 amide bonds. The van der Waals surface area contributed by atoms with Gasteiger partial charge in [-0.2, -0.15) is 0 Å². The zero-order valence-electron chi connectivity index (χ0n) is 11.3. The Labute approximate surface area is 121 Å². The van der Waals surface area contributed by atoms with Gasteiger partial charge in [0.05, 0.1) is 5.56 Å². The van der Waals surface area contributed by atoms with E-state index in [-0.39, 0.29) is 11.3 Å². The van der Waals surface area contributed by atoms with Crippen LogP contribution in [0.1, 0.15) is 27.0 Å². The molecule has 2 aromatic rings. The Morgan fingerprint density at radius 2 is 2.00 bits per heavy atom. The van der Waals surface area contributed by atoms with Crippen molar-refractivity contribution >= 4 is 5.91 Å². The fraction of sp³-hybridized carbons (Fsp3) is 0.188. The number of aromatic hydroxyl groups is 1. The molecule has 1 aliphatic rings. The van der Waals surface area contributed by atoms with E-state index in [1.54, 1.807) is 0 Å². The van der Waals surface area contributed by atoms with Crippen molar-refractivity contribution in [2.24, 2.45) is 0 Å². The van der Waals surface area contributed by atoms with Crippen LogP contribution in [0.4, 0.5) is 4.39 Å². The predicted octanol–water partition coefficient (Wildman–Crippen LogP) is 2.06. The fourth-order valence-electron chi connectivity index (χ4n) is 2.43. The first-order chi connectivity index (χ1) is 10.1. The Kier molecular flexibility index (Phi) is 3.58. The molecule has 0 atom stereocenters. The summed E-state index contributed by atoms with van der Waals surface area (Å²) in [7, 11) is 0. The highest BCUT2D eigenvalue weighted by Crippen LogP contribution is 2.19. The molecule has 0 saturated carbocycles. The number of nitrogens with one attached hydrogen (secondary N) is 2. The molecule has 0 aromatic heterocycles. The molecule has 0 saturated heterocycles. The Morgan fingerprint density at radius 3 is 2.86 bits per heavy atom. The standard InChI is InChI=1S/C16H15FN2O2/c17-13-3-4-15(20)14(6-13)16(21)19-7-10-1-2-11-8-18-9-12(11)5-10/h1-6,18,20H,7-9H2,(H,19,21). The fourth-order valence-corrected chi connectivity index (χ4v) is 2.43. The SMILES string of the molecule is O=C(NCc1ccc2c(c1)CNC2)c1cc(F)ccc1O. The predicted molar refractivity (Wildman–Crippen MR) is 76.2 cm³/mol. The number of fused-ring (bicyclic) bond motifs is 1. The van der Waals surface area contributed by atoms with Gasteiger partial charge in [-0.3, -0.25) is 4.79 Å². The van der Waals surface area contributed by atoms with Crippen molar-refractivity contribution in [2.75, 3.05) is 0 Å². The van der Waals surface area contributed by atoms with E-state index < -0.39 is 11.7 Å². The van der Waals surface area contributed by atoms with Crippen molar-refractivity contribution < 1.29 is 14.3 Å². The quantitative estimate of drug-likeness (QED) is 0.809. The molecule has 21 heavy (non-hydrogen) atoms. The van der Waals surface area contributed by atoms with Gasteiger partial charge in [-0.25, -0.2) is 4.39 Å². The molecule has 1 heterocycles. The molecule has 3 rings (SSSR count). The number of amides is 1. The highest BCUT2D eigenvalue weighted by molar-refractivity contribution is 5.96. The van der Waals surface area contributed by atoms with E-state index in [4.69, 9.17) is 0 Å². The molecule has 3 N–H and O–H groups in total. The lowest BCUT2D eigenvalue weighted by Gasteiger charge is -2.08. The van der Waals surface area contributed by atoms with Gasteiger partial charge in [0.25, 0.3) is 5.91 Å². The van der Waals surface area contributed by atoms with Crippen LogP contribution in [-0.4, -0.2) is 11.0 Å². The summed E-state index contributed by atoms with van der Waals surface area (Å²) < 4.78 is 13.1. The van der Waals surface area contributed by atoms with E-state index in [1.807, 2.05) is 18.2 Å². The Bertz CT molecular complexity index is 701. The second-order valence-corrected chi connectivity index (χ2v) is 5.05. The van der Waals surface area contributed by atoms with Crippen LogP contribution in [0.15, 0.2) is 36.4 Å². The van der Waals surface area contributed by atoms with Crippen LogP contribution < -0.4 is 10.6 Å². The van der Waals surface area contributed by atoms with Crippen LogP contribution >= 0.6 is 0 Å². The molecule has 0 unspecified atom stereocenters. The second-order valence-electron chi connectivity index (χ2n) is 5.05. The third kappa shape index (κ3) is 2.87. The van der Waals surface area contributed by atoms with Crippen molar-refractivity contribution in [3.63, 3.8) is 0 Å². The zero-order chi connectivity index (χ0) is 14.8. The lowest BCUT2D eigenvalue weighted by molar-refractivity contribution is 0.0947. The summed E-state index contributed by atoms with van der Waals surface area (Å²) in [4.78, 5) is 12.0. The number of carbonyl (C=O) groups is 1. The largest absolute Gasteiger partial charge is 0.507 e. The smallest absolute Gasteiger partial charge is 0.255 e. The minimum absolute atomic E-state index is 0.0576. The Balaban J connectivity index is 1.70. The Morgan fingerprint density at radius 1 is 1.19 bits per heavy atom. The maximum atomic E-state index is 13.1. The van der Waals surface area contributed by atoms with Gasteiger partial charge in [0, 0.05) is 19.6 Å². The average molecular weight is 286 g/mol.